The predicted octanol–water partition coefficient (Wildman–Crippen LogP) is 5.57. The summed E-state index contributed by atoms with van der Waals surface area (Å²) in [4.78, 5) is 16.6. The van der Waals surface area contributed by atoms with E-state index in [0.717, 1.165) is 41.3 Å². The Morgan fingerprint density at radius 1 is 1.06 bits per heavy atom. The number of nitrogens with one attached hydrogen (secondary N) is 2. The molecule has 6 heteroatoms. The summed E-state index contributed by atoms with van der Waals surface area (Å²) >= 11 is 1.72. The molecule has 4 rings (SSSR count). The Labute approximate surface area is 188 Å². The molecule has 0 aliphatic heterocycles. The first-order valence-corrected chi connectivity index (χ1v) is 11.6. The normalized spacial score (nSPS) is 12.4. The highest BCUT2D eigenvalue weighted by atomic mass is 32.1. The van der Waals surface area contributed by atoms with Crippen LogP contribution < -0.4 is 20.3 Å². The van der Waals surface area contributed by atoms with E-state index < -0.39 is 0 Å². The minimum Gasteiger partial charge on any atom is -0.494 e. The summed E-state index contributed by atoms with van der Waals surface area (Å²) < 4.78 is 5.49. The Balaban J connectivity index is 1.50. The number of carbonyl (C=O) groups excluding carboxylic acids is 1. The van der Waals surface area contributed by atoms with E-state index in [2.05, 4.69) is 39.8 Å². The van der Waals surface area contributed by atoms with Crippen molar-refractivity contribution in [3.05, 3.63) is 70.1 Å². The second kappa shape index (κ2) is 9.43. The van der Waals surface area contributed by atoms with Crippen molar-refractivity contribution in [1.29, 1.82) is 0 Å². The number of amides is 1. The van der Waals surface area contributed by atoms with Gasteiger partial charge in [-0.05, 0) is 73.7 Å². The van der Waals surface area contributed by atoms with Gasteiger partial charge >= 0.3 is 0 Å². The number of fused-ring (bicyclic) bond motifs is 1. The van der Waals surface area contributed by atoms with E-state index in [9.17, 15) is 4.79 Å². The lowest BCUT2D eigenvalue weighted by Crippen LogP contribution is -2.15. The maximum absolute atomic E-state index is 13.2. The van der Waals surface area contributed by atoms with E-state index in [-0.39, 0.29) is 5.91 Å². The van der Waals surface area contributed by atoms with E-state index in [1.54, 1.807) is 11.3 Å². The van der Waals surface area contributed by atoms with Crippen LogP contribution in [0.1, 0.15) is 39.7 Å². The minimum atomic E-state index is -0.0472. The number of aryl methyl sites for hydroxylation is 1. The van der Waals surface area contributed by atoms with Gasteiger partial charge in [0.05, 0.1) is 12.2 Å². The van der Waals surface area contributed by atoms with E-state index in [4.69, 9.17) is 4.74 Å². The van der Waals surface area contributed by atoms with E-state index in [1.165, 1.54) is 21.7 Å². The lowest BCUT2D eigenvalue weighted by molar-refractivity contribution is 0.102. The Bertz CT molecular complexity index is 1040. The highest BCUT2D eigenvalue weighted by Crippen LogP contribution is 2.39. The fourth-order valence-corrected chi connectivity index (χ4v) is 5.14. The van der Waals surface area contributed by atoms with Crippen LogP contribution in [0.5, 0.6) is 5.75 Å². The van der Waals surface area contributed by atoms with Crippen LogP contribution in [-0.4, -0.2) is 26.6 Å². The van der Waals surface area contributed by atoms with Crippen LogP contribution in [0, 0.1) is 0 Å². The predicted molar refractivity (Wildman–Crippen MR) is 130 cm³/mol. The third-order valence-corrected chi connectivity index (χ3v) is 6.73. The Kier molecular flexibility index (Phi) is 6.47. The van der Waals surface area contributed by atoms with Crippen LogP contribution in [0.4, 0.5) is 16.4 Å². The van der Waals surface area contributed by atoms with Crippen molar-refractivity contribution in [2.75, 3.05) is 36.2 Å². The van der Waals surface area contributed by atoms with Crippen molar-refractivity contribution in [3.63, 3.8) is 0 Å². The molecule has 5 nitrogen and oxygen atoms in total. The van der Waals surface area contributed by atoms with Crippen LogP contribution >= 0.6 is 11.3 Å². The van der Waals surface area contributed by atoms with Crippen molar-refractivity contribution < 1.29 is 9.53 Å². The van der Waals surface area contributed by atoms with Crippen LogP contribution in [0.25, 0.3) is 0 Å². The number of benzene rings is 2. The molecule has 0 saturated carbocycles. The molecule has 1 amide bonds. The molecule has 0 saturated heterocycles. The molecule has 3 aromatic rings. The van der Waals surface area contributed by atoms with Gasteiger partial charge in [0.25, 0.3) is 5.91 Å². The molecular formula is C25H29N3O2S. The number of nitrogens with zero attached hydrogens (tertiary/aromatic N) is 1. The zero-order valence-corrected chi connectivity index (χ0v) is 19.1. The molecule has 0 spiro atoms. The van der Waals surface area contributed by atoms with Gasteiger partial charge in [0.2, 0.25) is 0 Å². The van der Waals surface area contributed by atoms with Gasteiger partial charge in [-0.3, -0.25) is 4.79 Å². The van der Waals surface area contributed by atoms with Crippen molar-refractivity contribution in [2.24, 2.45) is 0 Å². The fraction of sp³-hybridized carbons (Fsp3) is 0.320. The van der Waals surface area contributed by atoms with E-state index >= 15 is 0 Å². The molecular weight excluding hydrogens is 406 g/mol. The molecule has 2 aromatic carbocycles. The zero-order chi connectivity index (χ0) is 21.8. The summed E-state index contributed by atoms with van der Waals surface area (Å²) in [6.45, 7) is 3.27. The van der Waals surface area contributed by atoms with Crippen LogP contribution in [0.3, 0.4) is 0 Å². The molecule has 1 aromatic heterocycles. The number of thiophene rings is 1. The SMILES string of the molecule is CCOc1ccc(NC(=O)c2c(NCc3ccc(N(C)C)cc3)sc3c2CCC3)cc1. The Morgan fingerprint density at radius 2 is 1.81 bits per heavy atom. The molecule has 2 N–H and O–H groups in total. The molecule has 31 heavy (non-hydrogen) atoms. The number of rotatable bonds is 8. The second-order valence-corrected chi connectivity index (χ2v) is 8.99. The summed E-state index contributed by atoms with van der Waals surface area (Å²) in [6.07, 6.45) is 3.15. The summed E-state index contributed by atoms with van der Waals surface area (Å²) in [6, 6.07) is 16.0. The first-order valence-electron chi connectivity index (χ1n) is 10.7. The summed E-state index contributed by atoms with van der Waals surface area (Å²) in [7, 11) is 4.07. The van der Waals surface area contributed by atoms with Gasteiger partial charge in [-0.25, -0.2) is 0 Å². The van der Waals surface area contributed by atoms with E-state index in [0.29, 0.717) is 13.2 Å². The maximum atomic E-state index is 13.2. The highest BCUT2D eigenvalue weighted by molar-refractivity contribution is 7.16. The van der Waals surface area contributed by atoms with Crippen LogP contribution in [-0.2, 0) is 19.4 Å². The zero-order valence-electron chi connectivity index (χ0n) is 18.3. The van der Waals surface area contributed by atoms with Crippen LogP contribution in [0.2, 0.25) is 0 Å². The van der Waals surface area contributed by atoms with Gasteiger partial charge in [0.1, 0.15) is 10.8 Å². The first kappa shape index (κ1) is 21.2. The lowest BCUT2D eigenvalue weighted by atomic mass is 10.1. The summed E-state index contributed by atoms with van der Waals surface area (Å²) in [5.41, 5.74) is 5.15. The third-order valence-electron chi connectivity index (χ3n) is 5.48. The summed E-state index contributed by atoms with van der Waals surface area (Å²) in [5.74, 6) is 0.758. The van der Waals surface area contributed by atoms with Gasteiger partial charge in [-0.2, -0.15) is 0 Å². The monoisotopic (exact) mass is 435 g/mol. The molecule has 1 aliphatic carbocycles. The maximum Gasteiger partial charge on any atom is 0.258 e. The van der Waals surface area contributed by atoms with Crippen molar-refractivity contribution in [1.82, 2.24) is 0 Å². The van der Waals surface area contributed by atoms with Crippen LogP contribution in [0.15, 0.2) is 48.5 Å². The number of hydrogen-bond acceptors (Lipinski definition) is 5. The van der Waals surface area contributed by atoms with Gasteiger partial charge in [-0.1, -0.05) is 12.1 Å². The average molecular weight is 436 g/mol. The highest BCUT2D eigenvalue weighted by Gasteiger charge is 2.26. The second-order valence-electron chi connectivity index (χ2n) is 7.89. The third kappa shape index (κ3) is 4.85. The van der Waals surface area contributed by atoms with Crippen molar-refractivity contribution >= 4 is 33.6 Å². The molecule has 0 radical (unpaired) electrons. The standard InChI is InChI=1S/C25H29N3O2S/c1-4-30-20-14-10-18(11-15-20)27-24(29)23-21-6-5-7-22(21)31-25(23)26-16-17-8-12-19(13-9-17)28(2)3/h8-15,26H,4-7,16H2,1-3H3,(H,27,29). The lowest BCUT2D eigenvalue weighted by Gasteiger charge is -2.13. The van der Waals surface area contributed by atoms with Crippen molar-refractivity contribution in [3.8, 4) is 5.75 Å². The topological polar surface area (TPSA) is 53.6 Å². The fourth-order valence-electron chi connectivity index (χ4n) is 3.86. The Morgan fingerprint density at radius 3 is 2.48 bits per heavy atom. The average Bonchev–Trinajstić information content (AvgIpc) is 3.35. The smallest absolute Gasteiger partial charge is 0.258 e. The molecule has 0 unspecified atom stereocenters. The molecule has 0 fully saturated rings. The molecule has 1 aliphatic rings. The van der Waals surface area contributed by atoms with Gasteiger partial charge in [-0.15, -0.1) is 11.3 Å². The molecule has 162 valence electrons. The van der Waals surface area contributed by atoms with Crippen molar-refractivity contribution in [2.45, 2.75) is 32.7 Å². The van der Waals surface area contributed by atoms with Gasteiger partial charge in [0.15, 0.2) is 0 Å². The van der Waals surface area contributed by atoms with Gasteiger partial charge in [0, 0.05) is 36.9 Å². The molecule has 1 heterocycles. The first-order chi connectivity index (χ1) is 15.0. The molecule has 0 atom stereocenters. The molecule has 0 bridgehead atoms. The van der Waals surface area contributed by atoms with E-state index in [1.807, 2.05) is 45.3 Å². The number of ether oxygens (including phenoxy) is 1. The minimum absolute atomic E-state index is 0.0472. The number of carbonyl (C=O) groups is 1. The summed E-state index contributed by atoms with van der Waals surface area (Å²) in [5, 5.41) is 7.56. The quantitative estimate of drug-likeness (QED) is 0.486. The number of hydrogen-bond donors (Lipinski definition) is 2. The Hall–Kier alpha value is -2.99. The number of anilines is 3. The van der Waals surface area contributed by atoms with Gasteiger partial charge < -0.3 is 20.3 Å². The largest absolute Gasteiger partial charge is 0.494 e.